The SMILES string of the molecule is CCn1ccc(C(=O)N2CCC[C@H](n3c(=O)n(Cc4ccccc4)c4cccnc43)C2)n1. The summed E-state index contributed by atoms with van der Waals surface area (Å²) < 4.78 is 5.31. The van der Waals surface area contributed by atoms with Crippen LogP contribution in [-0.4, -0.2) is 47.8 Å². The molecule has 1 aliphatic rings. The number of pyridine rings is 1. The van der Waals surface area contributed by atoms with Gasteiger partial charge >= 0.3 is 5.69 Å². The minimum absolute atomic E-state index is 0.0860. The molecule has 8 nitrogen and oxygen atoms in total. The van der Waals surface area contributed by atoms with Crippen LogP contribution in [0, 0.1) is 0 Å². The van der Waals surface area contributed by atoms with Gasteiger partial charge in [-0.25, -0.2) is 9.78 Å². The third-order valence-corrected chi connectivity index (χ3v) is 6.14. The molecular weight excluding hydrogens is 404 g/mol. The molecule has 1 aliphatic heterocycles. The van der Waals surface area contributed by atoms with Crippen molar-refractivity contribution in [3.63, 3.8) is 0 Å². The van der Waals surface area contributed by atoms with Gasteiger partial charge in [-0.05, 0) is 43.5 Å². The number of hydrogen-bond acceptors (Lipinski definition) is 4. The van der Waals surface area contributed by atoms with Gasteiger partial charge in [0, 0.05) is 32.0 Å². The fourth-order valence-corrected chi connectivity index (χ4v) is 4.52. The first kappa shape index (κ1) is 20.2. The molecule has 0 saturated carbocycles. The van der Waals surface area contributed by atoms with Gasteiger partial charge < -0.3 is 4.90 Å². The molecule has 32 heavy (non-hydrogen) atoms. The maximum atomic E-state index is 13.5. The Morgan fingerprint density at radius 2 is 1.97 bits per heavy atom. The van der Waals surface area contributed by atoms with Crippen molar-refractivity contribution in [1.82, 2.24) is 28.8 Å². The lowest BCUT2D eigenvalue weighted by Gasteiger charge is -2.32. The van der Waals surface area contributed by atoms with Crippen LogP contribution in [0.3, 0.4) is 0 Å². The Morgan fingerprint density at radius 3 is 2.75 bits per heavy atom. The van der Waals surface area contributed by atoms with Gasteiger partial charge in [0.05, 0.1) is 18.1 Å². The third-order valence-electron chi connectivity index (χ3n) is 6.14. The van der Waals surface area contributed by atoms with E-state index in [4.69, 9.17) is 0 Å². The van der Waals surface area contributed by atoms with Crippen LogP contribution in [0.1, 0.15) is 41.9 Å². The maximum absolute atomic E-state index is 13.5. The normalized spacial score (nSPS) is 16.5. The number of aryl methyl sites for hydroxylation is 1. The van der Waals surface area contributed by atoms with E-state index in [2.05, 4.69) is 10.1 Å². The Kier molecular flexibility index (Phi) is 5.34. The van der Waals surface area contributed by atoms with E-state index in [1.54, 1.807) is 26.1 Å². The zero-order valence-corrected chi connectivity index (χ0v) is 18.1. The minimum atomic E-state index is -0.122. The van der Waals surface area contributed by atoms with Crippen LogP contribution in [0.5, 0.6) is 0 Å². The summed E-state index contributed by atoms with van der Waals surface area (Å²) in [5.41, 5.74) is 2.90. The predicted molar refractivity (Wildman–Crippen MR) is 122 cm³/mol. The number of carbonyl (C=O) groups excluding carboxylic acids is 1. The molecule has 164 valence electrons. The van der Waals surface area contributed by atoms with Gasteiger partial charge in [-0.3, -0.25) is 18.6 Å². The number of carbonyl (C=O) groups is 1. The number of aromatic nitrogens is 5. The zero-order valence-electron chi connectivity index (χ0n) is 18.1. The second-order valence-corrected chi connectivity index (χ2v) is 8.17. The number of benzene rings is 1. The average Bonchev–Trinajstić information content (AvgIpc) is 3.42. The summed E-state index contributed by atoms with van der Waals surface area (Å²) >= 11 is 0. The molecule has 1 amide bonds. The summed E-state index contributed by atoms with van der Waals surface area (Å²) in [4.78, 5) is 32.9. The Hall–Kier alpha value is -3.68. The summed E-state index contributed by atoms with van der Waals surface area (Å²) in [7, 11) is 0. The highest BCUT2D eigenvalue weighted by molar-refractivity contribution is 5.92. The molecule has 0 N–H and O–H groups in total. The number of likely N-dealkylation sites (tertiary alicyclic amines) is 1. The highest BCUT2D eigenvalue weighted by atomic mass is 16.2. The quantitative estimate of drug-likeness (QED) is 0.488. The Labute approximate surface area is 185 Å². The Balaban J connectivity index is 1.48. The van der Waals surface area contributed by atoms with Crippen LogP contribution in [0.4, 0.5) is 0 Å². The average molecular weight is 431 g/mol. The molecule has 1 saturated heterocycles. The summed E-state index contributed by atoms with van der Waals surface area (Å²) in [6.07, 6.45) is 5.19. The number of amides is 1. The van der Waals surface area contributed by atoms with Crippen molar-refractivity contribution in [2.45, 2.75) is 38.9 Å². The van der Waals surface area contributed by atoms with Crippen LogP contribution in [0.2, 0.25) is 0 Å². The summed E-state index contributed by atoms with van der Waals surface area (Å²) in [5, 5.41) is 4.36. The first-order valence-corrected chi connectivity index (χ1v) is 11.1. The van der Waals surface area contributed by atoms with Gasteiger partial charge in [-0.1, -0.05) is 30.3 Å². The third kappa shape index (κ3) is 3.62. The number of piperidine rings is 1. The first-order chi connectivity index (χ1) is 15.7. The van der Waals surface area contributed by atoms with Crippen LogP contribution in [0.15, 0.2) is 65.7 Å². The second kappa shape index (κ2) is 8.45. The lowest BCUT2D eigenvalue weighted by molar-refractivity contribution is 0.0672. The number of fused-ring (bicyclic) bond motifs is 1. The second-order valence-electron chi connectivity index (χ2n) is 8.17. The number of hydrogen-bond donors (Lipinski definition) is 0. The van der Waals surface area contributed by atoms with E-state index in [1.165, 1.54) is 0 Å². The smallest absolute Gasteiger partial charge is 0.330 e. The predicted octanol–water partition coefficient (Wildman–Crippen LogP) is 2.94. The molecule has 4 heterocycles. The Bertz CT molecular complexity index is 1300. The van der Waals surface area contributed by atoms with Gasteiger partial charge in [-0.15, -0.1) is 0 Å². The van der Waals surface area contributed by atoms with Gasteiger partial charge in [0.1, 0.15) is 5.69 Å². The van der Waals surface area contributed by atoms with E-state index in [0.29, 0.717) is 31.0 Å². The van der Waals surface area contributed by atoms with Crippen molar-refractivity contribution in [3.8, 4) is 0 Å². The number of nitrogens with zero attached hydrogens (tertiary/aromatic N) is 6. The highest BCUT2D eigenvalue weighted by Gasteiger charge is 2.30. The molecule has 3 aromatic heterocycles. The molecule has 1 fully saturated rings. The first-order valence-electron chi connectivity index (χ1n) is 11.1. The fraction of sp³-hybridized carbons (Fsp3) is 0.333. The van der Waals surface area contributed by atoms with Gasteiger partial charge in [0.25, 0.3) is 5.91 Å². The van der Waals surface area contributed by atoms with E-state index < -0.39 is 0 Å². The van der Waals surface area contributed by atoms with E-state index >= 15 is 0 Å². The van der Waals surface area contributed by atoms with E-state index in [0.717, 1.165) is 30.5 Å². The van der Waals surface area contributed by atoms with Crippen molar-refractivity contribution in [2.24, 2.45) is 0 Å². The van der Waals surface area contributed by atoms with Crippen molar-refractivity contribution >= 4 is 17.1 Å². The van der Waals surface area contributed by atoms with Crippen LogP contribution < -0.4 is 5.69 Å². The summed E-state index contributed by atoms with van der Waals surface area (Å²) in [5.74, 6) is -0.0871. The summed E-state index contributed by atoms with van der Waals surface area (Å²) in [6.45, 7) is 4.33. The van der Waals surface area contributed by atoms with Crippen molar-refractivity contribution in [2.75, 3.05) is 13.1 Å². The van der Waals surface area contributed by atoms with Crippen LogP contribution >= 0.6 is 0 Å². The van der Waals surface area contributed by atoms with E-state index in [9.17, 15) is 9.59 Å². The standard InChI is InChI=1S/C24H26N6O2/c1-2-28-15-12-20(26-28)23(31)27-14-7-10-19(17-27)30-22-21(11-6-13-25-22)29(24(30)32)16-18-8-4-3-5-9-18/h3-6,8-9,11-13,15,19H,2,7,10,14,16-17H2,1H3/t19-/m0/s1. The molecule has 0 radical (unpaired) electrons. The molecule has 5 rings (SSSR count). The lowest BCUT2D eigenvalue weighted by Crippen LogP contribution is -2.43. The number of imidazole rings is 1. The molecule has 0 bridgehead atoms. The highest BCUT2D eigenvalue weighted by Crippen LogP contribution is 2.25. The lowest BCUT2D eigenvalue weighted by atomic mass is 10.1. The molecule has 1 atom stereocenters. The van der Waals surface area contributed by atoms with Crippen LogP contribution in [-0.2, 0) is 13.1 Å². The van der Waals surface area contributed by atoms with Gasteiger partial charge in [-0.2, -0.15) is 5.10 Å². The van der Waals surface area contributed by atoms with Gasteiger partial charge in [0.15, 0.2) is 5.65 Å². The Morgan fingerprint density at radius 1 is 1.12 bits per heavy atom. The van der Waals surface area contributed by atoms with Crippen molar-refractivity contribution < 1.29 is 4.79 Å². The molecule has 1 aromatic carbocycles. The van der Waals surface area contributed by atoms with Crippen LogP contribution in [0.25, 0.3) is 11.2 Å². The van der Waals surface area contributed by atoms with E-state index in [1.807, 2.05) is 60.5 Å². The fourth-order valence-electron chi connectivity index (χ4n) is 4.52. The monoisotopic (exact) mass is 430 g/mol. The van der Waals surface area contributed by atoms with Crippen molar-refractivity contribution in [1.29, 1.82) is 0 Å². The molecule has 8 heteroatoms. The van der Waals surface area contributed by atoms with Crippen molar-refractivity contribution in [3.05, 3.63) is 82.7 Å². The molecule has 0 unspecified atom stereocenters. The molecular formula is C24H26N6O2. The maximum Gasteiger partial charge on any atom is 0.330 e. The molecule has 0 aliphatic carbocycles. The van der Waals surface area contributed by atoms with E-state index in [-0.39, 0.29) is 17.6 Å². The van der Waals surface area contributed by atoms with Gasteiger partial charge in [0.2, 0.25) is 0 Å². The summed E-state index contributed by atoms with van der Waals surface area (Å²) in [6, 6.07) is 15.4. The largest absolute Gasteiger partial charge is 0.335 e. The molecule has 4 aromatic rings. The number of rotatable bonds is 5. The molecule has 0 spiro atoms. The minimum Gasteiger partial charge on any atom is -0.335 e. The zero-order chi connectivity index (χ0) is 22.1. The topological polar surface area (TPSA) is 78.0 Å².